The zero-order chi connectivity index (χ0) is 13.5. The molecule has 1 atom stereocenters. The Morgan fingerprint density at radius 1 is 1.11 bits per heavy atom. The largest absolute Gasteiger partial charge is 0.337 e. The molecule has 2 fully saturated rings. The first-order valence-electron chi connectivity index (χ1n) is 6.44. The minimum Gasteiger partial charge on any atom is -0.337 e. The van der Waals surface area contributed by atoms with E-state index in [9.17, 15) is 13.2 Å². The molecule has 19 heavy (non-hydrogen) atoms. The predicted octanol–water partition coefficient (Wildman–Crippen LogP) is 0.682. The van der Waals surface area contributed by atoms with Gasteiger partial charge in [0.2, 0.25) is 15.9 Å². The van der Waals surface area contributed by atoms with Crippen LogP contribution in [0.2, 0.25) is 0 Å². The van der Waals surface area contributed by atoms with Crippen molar-refractivity contribution in [2.24, 2.45) is 0 Å². The van der Waals surface area contributed by atoms with Crippen LogP contribution in [-0.4, -0.2) is 49.2 Å². The van der Waals surface area contributed by atoms with Crippen molar-refractivity contribution in [2.45, 2.75) is 23.8 Å². The van der Waals surface area contributed by atoms with Gasteiger partial charge in [-0.25, -0.2) is 8.42 Å². The van der Waals surface area contributed by atoms with Gasteiger partial charge in [-0.05, 0) is 18.6 Å². The van der Waals surface area contributed by atoms with Gasteiger partial charge in [0.25, 0.3) is 0 Å². The third kappa shape index (κ3) is 2.15. The molecular weight excluding hydrogens is 264 g/mol. The summed E-state index contributed by atoms with van der Waals surface area (Å²) in [6.45, 7) is 1.32. The van der Waals surface area contributed by atoms with Gasteiger partial charge in [-0.1, -0.05) is 18.2 Å². The smallest absolute Gasteiger partial charge is 0.243 e. The third-order valence-corrected chi connectivity index (χ3v) is 5.72. The zero-order valence-corrected chi connectivity index (χ0v) is 11.3. The first kappa shape index (κ1) is 12.6. The number of piperazine rings is 1. The fourth-order valence-corrected chi connectivity index (χ4v) is 4.29. The summed E-state index contributed by atoms with van der Waals surface area (Å²) in [7, 11) is -3.42. The summed E-state index contributed by atoms with van der Waals surface area (Å²) in [4.78, 5) is 13.7. The molecule has 0 aliphatic carbocycles. The Bertz CT molecular complexity index is 585. The van der Waals surface area contributed by atoms with E-state index >= 15 is 0 Å². The summed E-state index contributed by atoms with van der Waals surface area (Å²) >= 11 is 0. The summed E-state index contributed by atoms with van der Waals surface area (Å²) < 4.78 is 26.5. The Morgan fingerprint density at radius 3 is 2.58 bits per heavy atom. The molecule has 3 rings (SSSR count). The summed E-state index contributed by atoms with van der Waals surface area (Å²) in [5, 5.41) is 0. The normalized spacial score (nSPS) is 24.5. The van der Waals surface area contributed by atoms with Crippen molar-refractivity contribution in [3.63, 3.8) is 0 Å². The van der Waals surface area contributed by atoms with Crippen LogP contribution in [0.4, 0.5) is 0 Å². The lowest BCUT2D eigenvalue weighted by Crippen LogP contribution is -2.53. The fraction of sp³-hybridized carbons (Fsp3) is 0.462. The van der Waals surface area contributed by atoms with Gasteiger partial charge in [-0.3, -0.25) is 4.79 Å². The summed E-state index contributed by atoms with van der Waals surface area (Å²) in [5.74, 6) is 0.154. The second-order valence-electron chi connectivity index (χ2n) is 4.96. The molecule has 2 aliphatic heterocycles. The van der Waals surface area contributed by atoms with E-state index in [4.69, 9.17) is 0 Å². The minimum absolute atomic E-state index is 0.0553. The minimum atomic E-state index is -3.42. The Morgan fingerprint density at radius 2 is 1.84 bits per heavy atom. The zero-order valence-electron chi connectivity index (χ0n) is 10.5. The Labute approximate surface area is 112 Å². The molecule has 0 N–H and O–H groups in total. The van der Waals surface area contributed by atoms with Gasteiger partial charge >= 0.3 is 0 Å². The van der Waals surface area contributed by atoms with E-state index in [-0.39, 0.29) is 11.9 Å². The first-order chi connectivity index (χ1) is 9.09. The van der Waals surface area contributed by atoms with Crippen molar-refractivity contribution in [1.29, 1.82) is 0 Å². The van der Waals surface area contributed by atoms with Crippen LogP contribution in [0.1, 0.15) is 12.8 Å². The lowest BCUT2D eigenvalue weighted by molar-refractivity contribution is -0.130. The highest BCUT2D eigenvalue weighted by Crippen LogP contribution is 2.26. The SMILES string of the molecule is O=C1CC[C@H]2CN(S(=O)(=O)c3ccccc3)CCN12. The van der Waals surface area contributed by atoms with Crippen LogP contribution in [0, 0.1) is 0 Å². The van der Waals surface area contributed by atoms with Gasteiger partial charge in [-0.2, -0.15) is 4.31 Å². The second kappa shape index (κ2) is 4.61. The average molecular weight is 280 g/mol. The Hall–Kier alpha value is -1.40. The molecule has 0 saturated carbocycles. The molecule has 6 heteroatoms. The summed E-state index contributed by atoms with van der Waals surface area (Å²) in [5.41, 5.74) is 0. The number of sulfonamides is 1. The molecule has 1 aromatic carbocycles. The van der Waals surface area contributed by atoms with Gasteiger partial charge < -0.3 is 4.90 Å². The second-order valence-corrected chi connectivity index (χ2v) is 6.89. The molecule has 0 aromatic heterocycles. The number of hydrogen-bond donors (Lipinski definition) is 0. The standard InChI is InChI=1S/C13H16N2O3S/c16-13-7-6-11-10-14(8-9-15(11)13)19(17,18)12-4-2-1-3-5-12/h1-5,11H,6-10H2/t11-/m0/s1. The van der Waals surface area contributed by atoms with E-state index < -0.39 is 10.0 Å². The molecule has 1 amide bonds. The number of hydrogen-bond acceptors (Lipinski definition) is 3. The Balaban J connectivity index is 1.83. The molecule has 0 radical (unpaired) electrons. The number of carbonyl (C=O) groups excluding carboxylic acids is 1. The first-order valence-corrected chi connectivity index (χ1v) is 7.88. The van der Waals surface area contributed by atoms with Crippen LogP contribution in [-0.2, 0) is 14.8 Å². The molecule has 1 aromatic rings. The van der Waals surface area contributed by atoms with Crippen LogP contribution in [0.5, 0.6) is 0 Å². The maximum absolute atomic E-state index is 12.5. The fourth-order valence-electron chi connectivity index (χ4n) is 2.80. The maximum atomic E-state index is 12.5. The lowest BCUT2D eigenvalue weighted by atomic mass is 10.2. The highest BCUT2D eigenvalue weighted by atomic mass is 32.2. The van der Waals surface area contributed by atoms with E-state index in [0.29, 0.717) is 31.0 Å². The Kier molecular flexibility index (Phi) is 3.06. The number of carbonyl (C=O) groups is 1. The molecule has 102 valence electrons. The van der Waals surface area contributed by atoms with Crippen LogP contribution < -0.4 is 0 Å². The van der Waals surface area contributed by atoms with Crippen LogP contribution in [0.15, 0.2) is 35.2 Å². The highest BCUT2D eigenvalue weighted by molar-refractivity contribution is 7.89. The maximum Gasteiger partial charge on any atom is 0.243 e. The van der Waals surface area contributed by atoms with Crippen molar-refractivity contribution in [1.82, 2.24) is 9.21 Å². The molecular formula is C13H16N2O3S. The van der Waals surface area contributed by atoms with Crippen LogP contribution in [0.25, 0.3) is 0 Å². The number of rotatable bonds is 2. The number of nitrogens with zero attached hydrogens (tertiary/aromatic N) is 2. The number of fused-ring (bicyclic) bond motifs is 1. The quantitative estimate of drug-likeness (QED) is 0.800. The van der Waals surface area contributed by atoms with Crippen molar-refractivity contribution < 1.29 is 13.2 Å². The number of benzene rings is 1. The molecule has 2 saturated heterocycles. The third-order valence-electron chi connectivity index (χ3n) is 3.84. The van der Waals surface area contributed by atoms with Gasteiger partial charge in [0, 0.05) is 32.1 Å². The van der Waals surface area contributed by atoms with Gasteiger partial charge in [0.05, 0.1) is 4.90 Å². The van der Waals surface area contributed by atoms with E-state index in [1.807, 2.05) is 4.90 Å². The molecule has 0 spiro atoms. The molecule has 0 bridgehead atoms. The molecule has 2 aliphatic rings. The van der Waals surface area contributed by atoms with E-state index in [1.54, 1.807) is 30.3 Å². The average Bonchev–Trinajstić information content (AvgIpc) is 2.81. The van der Waals surface area contributed by atoms with Gasteiger partial charge in [0.15, 0.2) is 0 Å². The van der Waals surface area contributed by atoms with Crippen molar-refractivity contribution >= 4 is 15.9 Å². The van der Waals surface area contributed by atoms with Crippen LogP contribution >= 0.6 is 0 Å². The topological polar surface area (TPSA) is 57.7 Å². The van der Waals surface area contributed by atoms with Crippen molar-refractivity contribution in [3.05, 3.63) is 30.3 Å². The predicted molar refractivity (Wildman–Crippen MR) is 69.9 cm³/mol. The van der Waals surface area contributed by atoms with E-state index in [2.05, 4.69) is 0 Å². The van der Waals surface area contributed by atoms with E-state index in [1.165, 1.54) is 4.31 Å². The van der Waals surface area contributed by atoms with Gasteiger partial charge in [0.1, 0.15) is 0 Å². The van der Waals surface area contributed by atoms with Crippen molar-refractivity contribution in [3.8, 4) is 0 Å². The molecule has 0 unspecified atom stereocenters. The summed E-state index contributed by atoms with van der Waals surface area (Å²) in [6.07, 6.45) is 1.31. The monoisotopic (exact) mass is 280 g/mol. The molecule has 2 heterocycles. The van der Waals surface area contributed by atoms with Crippen LogP contribution in [0.3, 0.4) is 0 Å². The molecule has 5 nitrogen and oxygen atoms in total. The number of amides is 1. The highest BCUT2D eigenvalue weighted by Gasteiger charge is 2.39. The van der Waals surface area contributed by atoms with E-state index in [0.717, 1.165) is 6.42 Å². The lowest BCUT2D eigenvalue weighted by Gasteiger charge is -2.36. The van der Waals surface area contributed by atoms with Crippen molar-refractivity contribution in [2.75, 3.05) is 19.6 Å². The summed E-state index contributed by atoms with van der Waals surface area (Å²) in [6, 6.07) is 8.53. The van der Waals surface area contributed by atoms with Gasteiger partial charge in [-0.15, -0.1) is 0 Å².